The monoisotopic (exact) mass is 420 g/mol. The number of amides is 2. The predicted octanol–water partition coefficient (Wildman–Crippen LogP) is 5.42. The molecule has 0 atom stereocenters. The molecule has 0 aliphatic carbocycles. The second-order valence-electron chi connectivity index (χ2n) is 5.99. The number of benzene rings is 2. The van der Waals surface area contributed by atoms with E-state index in [1.165, 1.54) is 0 Å². The maximum absolute atomic E-state index is 13.7. The van der Waals surface area contributed by atoms with Gasteiger partial charge in [-0.1, -0.05) is 29.3 Å². The predicted molar refractivity (Wildman–Crippen MR) is 94.6 cm³/mol. The van der Waals surface area contributed by atoms with E-state index < -0.39 is 18.1 Å². The zero-order chi connectivity index (χ0) is 20.0. The molecule has 0 saturated carbocycles. The van der Waals surface area contributed by atoms with Crippen LogP contribution in [0.15, 0.2) is 30.3 Å². The van der Waals surface area contributed by atoms with E-state index in [-0.39, 0.29) is 21.5 Å². The minimum atomic E-state index is -5.09. The molecule has 2 amide bonds. The standard InChI is InChI=1S/C17H13Cl2F3N2O3/c1-8-3-9(2)5-10(4-8)23-15(25)24-17(16(20,21)22)26-13-6-11(18)12(19)7-14(13)27-17/h3-7H,1-2H3,(H2,23,24,25). The third-order valence-electron chi connectivity index (χ3n) is 3.62. The molecule has 27 heavy (non-hydrogen) atoms. The zero-order valence-electron chi connectivity index (χ0n) is 14.0. The molecule has 0 unspecified atom stereocenters. The zero-order valence-corrected chi connectivity index (χ0v) is 15.5. The fourth-order valence-electron chi connectivity index (χ4n) is 2.60. The van der Waals surface area contributed by atoms with Gasteiger partial charge in [0.25, 0.3) is 0 Å². The summed E-state index contributed by atoms with van der Waals surface area (Å²) >= 11 is 11.6. The largest absolute Gasteiger partial charge is 0.492 e. The van der Waals surface area contributed by atoms with Gasteiger partial charge in [0, 0.05) is 17.8 Å². The SMILES string of the molecule is Cc1cc(C)cc(NC(=O)NC2(C(F)(F)F)Oc3cc(Cl)c(Cl)cc3O2)c1. The van der Waals surface area contributed by atoms with E-state index in [1.807, 2.05) is 6.07 Å². The topological polar surface area (TPSA) is 59.6 Å². The Morgan fingerprint density at radius 3 is 1.89 bits per heavy atom. The number of hydrogen-bond acceptors (Lipinski definition) is 3. The van der Waals surface area contributed by atoms with Gasteiger partial charge in [-0.05, 0) is 37.1 Å². The van der Waals surface area contributed by atoms with Crippen molar-refractivity contribution in [2.75, 3.05) is 5.32 Å². The van der Waals surface area contributed by atoms with E-state index in [2.05, 4.69) is 5.32 Å². The Morgan fingerprint density at radius 1 is 0.963 bits per heavy atom. The van der Waals surface area contributed by atoms with Gasteiger partial charge >= 0.3 is 18.1 Å². The lowest BCUT2D eigenvalue weighted by Crippen LogP contribution is -2.65. The minimum Gasteiger partial charge on any atom is -0.424 e. The molecule has 0 aromatic heterocycles. The van der Waals surface area contributed by atoms with Crippen molar-refractivity contribution < 1.29 is 27.4 Å². The quantitative estimate of drug-likeness (QED) is 0.681. The fraction of sp³-hybridized carbons (Fsp3) is 0.235. The smallest absolute Gasteiger partial charge is 0.424 e. The molecule has 0 spiro atoms. The van der Waals surface area contributed by atoms with Crippen molar-refractivity contribution in [2.24, 2.45) is 0 Å². The summed E-state index contributed by atoms with van der Waals surface area (Å²) in [6, 6.07) is 6.07. The van der Waals surface area contributed by atoms with E-state index in [4.69, 9.17) is 32.7 Å². The van der Waals surface area contributed by atoms with Crippen LogP contribution in [0.5, 0.6) is 11.5 Å². The number of alkyl halides is 3. The molecule has 1 aliphatic heterocycles. The molecule has 0 fully saturated rings. The van der Waals surface area contributed by atoms with Crippen LogP contribution in [0.2, 0.25) is 10.0 Å². The third kappa shape index (κ3) is 3.86. The van der Waals surface area contributed by atoms with Gasteiger partial charge in [-0.25, -0.2) is 4.79 Å². The summed E-state index contributed by atoms with van der Waals surface area (Å²) in [6.45, 7) is 3.58. The number of hydrogen-bond donors (Lipinski definition) is 2. The molecule has 5 nitrogen and oxygen atoms in total. The second-order valence-corrected chi connectivity index (χ2v) is 6.80. The van der Waals surface area contributed by atoms with Crippen molar-refractivity contribution in [3.8, 4) is 11.5 Å². The highest BCUT2D eigenvalue weighted by molar-refractivity contribution is 6.42. The highest BCUT2D eigenvalue weighted by Gasteiger charge is 2.65. The van der Waals surface area contributed by atoms with Crippen molar-refractivity contribution in [1.82, 2.24) is 5.32 Å². The van der Waals surface area contributed by atoms with Crippen LogP contribution in [0.1, 0.15) is 11.1 Å². The van der Waals surface area contributed by atoms with Crippen LogP contribution in [0.4, 0.5) is 23.7 Å². The number of nitrogens with one attached hydrogen (secondary N) is 2. The fourth-order valence-corrected chi connectivity index (χ4v) is 2.90. The molecule has 1 aliphatic rings. The molecule has 0 saturated heterocycles. The van der Waals surface area contributed by atoms with Crippen molar-refractivity contribution in [1.29, 1.82) is 0 Å². The van der Waals surface area contributed by atoms with Gasteiger partial charge < -0.3 is 14.8 Å². The third-order valence-corrected chi connectivity index (χ3v) is 4.35. The molecule has 3 rings (SSSR count). The average molecular weight is 421 g/mol. The molecule has 2 aromatic rings. The maximum Gasteiger partial charge on any atom is 0.492 e. The van der Waals surface area contributed by atoms with Gasteiger partial charge in [0.1, 0.15) is 0 Å². The van der Waals surface area contributed by atoms with Gasteiger partial charge in [0.2, 0.25) is 0 Å². The Labute approximate surface area is 162 Å². The van der Waals surface area contributed by atoms with Gasteiger partial charge in [-0.2, -0.15) is 13.2 Å². The number of anilines is 1. The average Bonchev–Trinajstić information content (AvgIpc) is 2.84. The first-order valence-corrected chi connectivity index (χ1v) is 8.36. The number of carbonyl (C=O) groups is 1. The number of aryl methyl sites for hydroxylation is 2. The van der Waals surface area contributed by atoms with E-state index >= 15 is 0 Å². The molecular formula is C17H13Cl2F3N2O3. The first kappa shape index (κ1) is 19.4. The first-order valence-electron chi connectivity index (χ1n) is 7.60. The number of fused-ring (bicyclic) bond motifs is 1. The summed E-state index contributed by atoms with van der Waals surface area (Å²) in [7, 11) is 0. The van der Waals surface area contributed by atoms with Crippen LogP contribution in [0.25, 0.3) is 0 Å². The van der Waals surface area contributed by atoms with Crippen molar-refractivity contribution >= 4 is 34.9 Å². The summed E-state index contributed by atoms with van der Waals surface area (Å²) < 4.78 is 50.7. The lowest BCUT2D eigenvalue weighted by molar-refractivity contribution is -0.317. The van der Waals surface area contributed by atoms with Crippen LogP contribution >= 0.6 is 23.2 Å². The van der Waals surface area contributed by atoms with Crippen LogP contribution in [0, 0.1) is 13.8 Å². The Morgan fingerprint density at radius 2 is 1.44 bits per heavy atom. The van der Waals surface area contributed by atoms with Crippen molar-refractivity contribution in [3.63, 3.8) is 0 Å². The van der Waals surface area contributed by atoms with Crippen LogP contribution in [-0.4, -0.2) is 18.1 Å². The maximum atomic E-state index is 13.7. The summed E-state index contributed by atoms with van der Waals surface area (Å²) in [6.07, 6.45) is -5.09. The first-order chi connectivity index (χ1) is 12.5. The Balaban J connectivity index is 1.86. The lowest BCUT2D eigenvalue weighted by atomic mass is 10.1. The number of halogens is 5. The van der Waals surface area contributed by atoms with Crippen molar-refractivity contribution in [3.05, 3.63) is 51.5 Å². The van der Waals surface area contributed by atoms with Crippen LogP contribution in [0.3, 0.4) is 0 Å². The second kappa shape index (κ2) is 6.69. The number of urea groups is 1. The molecular weight excluding hydrogens is 408 g/mol. The summed E-state index contributed by atoms with van der Waals surface area (Å²) in [5.74, 6) is -4.01. The number of carbonyl (C=O) groups excluding carboxylic acids is 1. The number of ether oxygens (including phenoxy) is 2. The van der Waals surface area contributed by atoms with E-state index in [0.29, 0.717) is 5.69 Å². The number of rotatable bonds is 2. The van der Waals surface area contributed by atoms with E-state index in [0.717, 1.165) is 23.3 Å². The molecule has 10 heteroatoms. The van der Waals surface area contributed by atoms with Gasteiger partial charge in [0.05, 0.1) is 10.0 Å². The van der Waals surface area contributed by atoms with E-state index in [9.17, 15) is 18.0 Å². The summed E-state index contributed by atoms with van der Waals surface area (Å²) in [4.78, 5) is 12.2. The Hall–Kier alpha value is -2.32. The van der Waals surface area contributed by atoms with Crippen molar-refractivity contribution in [2.45, 2.75) is 25.9 Å². The Kier molecular flexibility index (Phi) is 4.81. The lowest BCUT2D eigenvalue weighted by Gasteiger charge is -2.29. The molecule has 2 N–H and O–H groups in total. The molecule has 144 valence electrons. The summed E-state index contributed by atoms with van der Waals surface area (Å²) in [5.41, 5.74) is 1.99. The van der Waals surface area contributed by atoms with Crippen LogP contribution in [-0.2, 0) is 0 Å². The summed E-state index contributed by atoms with van der Waals surface area (Å²) in [5, 5.41) is 4.00. The van der Waals surface area contributed by atoms with Gasteiger partial charge in [0.15, 0.2) is 11.5 Å². The highest BCUT2D eigenvalue weighted by atomic mass is 35.5. The molecule has 1 heterocycles. The van der Waals surface area contributed by atoms with Crippen LogP contribution < -0.4 is 20.1 Å². The highest BCUT2D eigenvalue weighted by Crippen LogP contribution is 2.47. The van der Waals surface area contributed by atoms with E-state index in [1.54, 1.807) is 31.3 Å². The normalized spacial score (nSPS) is 14.8. The van der Waals surface area contributed by atoms with Gasteiger partial charge in [-0.15, -0.1) is 0 Å². The Bertz CT molecular complexity index is 868. The minimum absolute atomic E-state index is 0.0170. The van der Waals surface area contributed by atoms with Gasteiger partial charge in [-0.3, -0.25) is 5.32 Å². The molecule has 0 radical (unpaired) electrons. The molecule has 0 bridgehead atoms. The molecule has 2 aromatic carbocycles.